The van der Waals surface area contributed by atoms with Crippen molar-refractivity contribution >= 4 is 27.7 Å². The van der Waals surface area contributed by atoms with E-state index in [0.29, 0.717) is 13.0 Å². The Morgan fingerprint density at radius 3 is 2.94 bits per heavy atom. The van der Waals surface area contributed by atoms with Crippen LogP contribution in [0.2, 0.25) is 0 Å². The minimum atomic E-state index is -0.358. The molecule has 1 aliphatic carbocycles. The van der Waals surface area contributed by atoms with E-state index in [0.717, 1.165) is 22.0 Å². The number of halogens is 1. The topological polar surface area (TPSA) is 43.4 Å². The molecule has 96 valence electrons. The van der Waals surface area contributed by atoms with Crippen molar-refractivity contribution in [1.82, 2.24) is 0 Å². The van der Waals surface area contributed by atoms with Gasteiger partial charge in [-0.3, -0.25) is 9.59 Å². The van der Waals surface area contributed by atoms with Crippen molar-refractivity contribution in [2.24, 2.45) is 0 Å². The third kappa shape index (κ3) is 2.64. The molecule has 4 heteroatoms. The van der Waals surface area contributed by atoms with Crippen LogP contribution in [0.4, 0.5) is 0 Å². The van der Waals surface area contributed by atoms with Gasteiger partial charge in [-0.15, -0.1) is 0 Å². The number of Topliss-reactive ketones (excluding diaryl/α,β-unsaturated/α-hetero) is 1. The first kappa shape index (κ1) is 13.3. The van der Waals surface area contributed by atoms with Crippen LogP contribution in [-0.2, 0) is 20.7 Å². The molecular weight excluding hydrogens is 296 g/mol. The van der Waals surface area contributed by atoms with Crippen molar-refractivity contribution < 1.29 is 14.3 Å². The summed E-state index contributed by atoms with van der Waals surface area (Å²) in [7, 11) is 0. The zero-order chi connectivity index (χ0) is 13.1. The Morgan fingerprint density at radius 1 is 1.44 bits per heavy atom. The molecule has 0 heterocycles. The number of hydrogen-bond acceptors (Lipinski definition) is 3. The second-order valence-corrected chi connectivity index (χ2v) is 5.20. The molecule has 0 aliphatic heterocycles. The number of benzene rings is 1. The molecule has 2 rings (SSSR count). The van der Waals surface area contributed by atoms with Crippen molar-refractivity contribution in [3.05, 3.63) is 33.8 Å². The van der Waals surface area contributed by atoms with E-state index < -0.39 is 0 Å². The van der Waals surface area contributed by atoms with Gasteiger partial charge in [-0.2, -0.15) is 0 Å². The van der Waals surface area contributed by atoms with Gasteiger partial charge >= 0.3 is 5.97 Å². The Bertz CT molecular complexity index is 482. The van der Waals surface area contributed by atoms with E-state index in [-0.39, 0.29) is 24.1 Å². The smallest absolute Gasteiger partial charge is 0.306 e. The average molecular weight is 311 g/mol. The summed E-state index contributed by atoms with van der Waals surface area (Å²) in [5, 5.41) is 0. The fourth-order valence-corrected chi connectivity index (χ4v) is 3.07. The predicted octanol–water partition coefficient (Wildman–Crippen LogP) is 3.00. The number of ketones is 1. The van der Waals surface area contributed by atoms with Gasteiger partial charge in [0.2, 0.25) is 0 Å². The van der Waals surface area contributed by atoms with Gasteiger partial charge in [0.05, 0.1) is 18.9 Å². The first-order chi connectivity index (χ1) is 8.63. The monoisotopic (exact) mass is 310 g/mol. The molecule has 0 spiro atoms. The van der Waals surface area contributed by atoms with Crippen LogP contribution in [0.25, 0.3) is 0 Å². The van der Waals surface area contributed by atoms with Gasteiger partial charge in [0.25, 0.3) is 0 Å². The molecule has 1 aromatic rings. The van der Waals surface area contributed by atoms with Gasteiger partial charge in [-0.25, -0.2) is 0 Å². The number of fused-ring (bicyclic) bond motifs is 1. The lowest BCUT2D eigenvalue weighted by Crippen LogP contribution is -2.24. The number of carbonyl (C=O) groups excluding carboxylic acids is 2. The minimum absolute atomic E-state index is 0.127. The fraction of sp³-hybridized carbons (Fsp3) is 0.429. The molecule has 1 atom stereocenters. The van der Waals surface area contributed by atoms with E-state index in [1.807, 2.05) is 18.2 Å². The highest BCUT2D eigenvalue weighted by molar-refractivity contribution is 9.10. The van der Waals surface area contributed by atoms with Crippen LogP contribution < -0.4 is 0 Å². The third-order valence-electron chi connectivity index (χ3n) is 3.20. The molecule has 0 N–H and O–H groups in total. The molecule has 0 saturated heterocycles. The van der Waals surface area contributed by atoms with E-state index in [9.17, 15) is 9.59 Å². The largest absolute Gasteiger partial charge is 0.466 e. The second-order valence-electron chi connectivity index (χ2n) is 4.34. The Labute approximate surface area is 115 Å². The molecule has 0 amide bonds. The molecule has 0 unspecified atom stereocenters. The number of aryl methyl sites for hydroxylation is 1. The number of carbonyl (C=O) groups is 2. The van der Waals surface area contributed by atoms with Gasteiger partial charge in [0, 0.05) is 10.9 Å². The van der Waals surface area contributed by atoms with E-state index in [4.69, 9.17) is 4.74 Å². The first-order valence-corrected chi connectivity index (χ1v) is 6.88. The number of rotatable bonds is 3. The summed E-state index contributed by atoms with van der Waals surface area (Å²) in [4.78, 5) is 23.6. The van der Waals surface area contributed by atoms with Crippen LogP contribution in [0, 0.1) is 0 Å². The average Bonchev–Trinajstić information content (AvgIpc) is 2.33. The molecule has 3 nitrogen and oxygen atoms in total. The summed E-state index contributed by atoms with van der Waals surface area (Å²) in [6.07, 6.45) is 1.41. The molecule has 0 radical (unpaired) electrons. The fourth-order valence-electron chi connectivity index (χ4n) is 2.39. The summed E-state index contributed by atoms with van der Waals surface area (Å²) in [6.45, 7) is 2.12. The Morgan fingerprint density at radius 2 is 2.22 bits per heavy atom. The number of ether oxygens (including phenoxy) is 1. The van der Waals surface area contributed by atoms with Crippen LogP contribution in [0.1, 0.15) is 36.8 Å². The third-order valence-corrected chi connectivity index (χ3v) is 3.89. The van der Waals surface area contributed by atoms with Gasteiger partial charge in [0.15, 0.2) is 0 Å². The van der Waals surface area contributed by atoms with Crippen molar-refractivity contribution in [2.45, 2.75) is 32.1 Å². The lowest BCUT2D eigenvalue weighted by Gasteiger charge is -2.24. The van der Waals surface area contributed by atoms with Crippen LogP contribution in [0.15, 0.2) is 22.7 Å². The molecule has 0 fully saturated rings. The van der Waals surface area contributed by atoms with E-state index in [1.165, 1.54) is 0 Å². The van der Waals surface area contributed by atoms with Crippen molar-refractivity contribution in [3.63, 3.8) is 0 Å². The molecule has 0 aromatic heterocycles. The lowest BCUT2D eigenvalue weighted by molar-refractivity contribution is -0.145. The molecule has 1 aromatic carbocycles. The first-order valence-electron chi connectivity index (χ1n) is 6.09. The molecule has 18 heavy (non-hydrogen) atoms. The van der Waals surface area contributed by atoms with Gasteiger partial charge in [-0.05, 0) is 30.5 Å². The highest BCUT2D eigenvalue weighted by Gasteiger charge is 2.31. The molecule has 0 saturated carbocycles. The standard InChI is InChI=1S/C14H15BrO3/c1-2-18-13(17)8-10-12(16)7-6-9-4-3-5-11(15)14(9)10/h3-5,10H,2,6-8H2,1H3/t10-/m0/s1. The molecule has 1 aliphatic rings. The Balaban J connectivity index is 2.30. The highest BCUT2D eigenvalue weighted by atomic mass is 79.9. The van der Waals surface area contributed by atoms with Gasteiger partial charge in [0.1, 0.15) is 5.78 Å². The summed E-state index contributed by atoms with van der Waals surface area (Å²) < 4.78 is 5.85. The Hall–Kier alpha value is -1.16. The zero-order valence-electron chi connectivity index (χ0n) is 10.2. The summed E-state index contributed by atoms with van der Waals surface area (Å²) in [5.74, 6) is -0.537. The quantitative estimate of drug-likeness (QED) is 0.806. The van der Waals surface area contributed by atoms with Crippen LogP contribution in [-0.4, -0.2) is 18.4 Å². The normalized spacial score (nSPS) is 18.3. The molecule has 0 bridgehead atoms. The van der Waals surface area contributed by atoms with Crippen LogP contribution in [0.3, 0.4) is 0 Å². The van der Waals surface area contributed by atoms with Gasteiger partial charge in [-0.1, -0.05) is 28.1 Å². The maximum absolute atomic E-state index is 12.0. The van der Waals surface area contributed by atoms with Crippen molar-refractivity contribution in [2.75, 3.05) is 6.61 Å². The zero-order valence-corrected chi connectivity index (χ0v) is 11.8. The highest BCUT2D eigenvalue weighted by Crippen LogP contribution is 2.36. The lowest BCUT2D eigenvalue weighted by atomic mass is 9.80. The molecular formula is C14H15BrO3. The van der Waals surface area contributed by atoms with E-state index in [2.05, 4.69) is 15.9 Å². The number of esters is 1. The van der Waals surface area contributed by atoms with Gasteiger partial charge < -0.3 is 4.74 Å². The van der Waals surface area contributed by atoms with Crippen molar-refractivity contribution in [3.8, 4) is 0 Å². The van der Waals surface area contributed by atoms with Crippen LogP contribution >= 0.6 is 15.9 Å². The maximum atomic E-state index is 12.0. The predicted molar refractivity (Wildman–Crippen MR) is 71.5 cm³/mol. The summed E-state index contributed by atoms with van der Waals surface area (Å²) >= 11 is 3.47. The maximum Gasteiger partial charge on any atom is 0.306 e. The SMILES string of the molecule is CCOC(=O)C[C@H]1C(=O)CCc2cccc(Br)c21. The summed E-state index contributed by atoms with van der Waals surface area (Å²) in [5.41, 5.74) is 2.11. The minimum Gasteiger partial charge on any atom is -0.466 e. The van der Waals surface area contributed by atoms with Crippen LogP contribution in [0.5, 0.6) is 0 Å². The second kappa shape index (κ2) is 5.65. The van der Waals surface area contributed by atoms with E-state index >= 15 is 0 Å². The number of hydrogen-bond donors (Lipinski definition) is 0. The Kier molecular flexibility index (Phi) is 4.17. The van der Waals surface area contributed by atoms with Crippen molar-refractivity contribution in [1.29, 1.82) is 0 Å². The van der Waals surface area contributed by atoms with E-state index in [1.54, 1.807) is 6.92 Å². The summed E-state index contributed by atoms with van der Waals surface area (Å²) in [6, 6.07) is 5.89.